The summed E-state index contributed by atoms with van der Waals surface area (Å²) in [4.78, 5) is 14.2. The number of carbonyl (C=O) groups is 1. The molecule has 1 saturated carbocycles. The normalized spacial score (nSPS) is 26.2. The van der Waals surface area contributed by atoms with E-state index in [9.17, 15) is 4.79 Å². The Morgan fingerprint density at radius 3 is 2.44 bits per heavy atom. The van der Waals surface area contributed by atoms with Gasteiger partial charge in [-0.25, -0.2) is 0 Å². The fourth-order valence-corrected chi connectivity index (χ4v) is 2.80. The van der Waals surface area contributed by atoms with Crippen molar-refractivity contribution in [2.45, 2.75) is 44.6 Å². The molecule has 0 radical (unpaired) electrons. The first-order chi connectivity index (χ1) is 7.29. The number of nitrogens with zero attached hydrogens (tertiary/aromatic N) is 1. The highest BCUT2D eigenvalue weighted by atomic mass is 35.5. The van der Waals surface area contributed by atoms with Crippen LogP contribution >= 0.6 is 12.4 Å². The predicted octanol–water partition coefficient (Wildman–Crippen LogP) is 1.81. The molecule has 2 fully saturated rings. The van der Waals surface area contributed by atoms with Crippen molar-refractivity contribution in [3.8, 4) is 0 Å². The first kappa shape index (κ1) is 13.8. The Bertz CT molecular complexity index is 223. The highest BCUT2D eigenvalue weighted by Gasteiger charge is 2.29. The van der Waals surface area contributed by atoms with Gasteiger partial charge in [-0.15, -0.1) is 12.4 Å². The van der Waals surface area contributed by atoms with Crippen molar-refractivity contribution in [1.29, 1.82) is 0 Å². The van der Waals surface area contributed by atoms with Crippen LogP contribution in [0.2, 0.25) is 0 Å². The Labute approximate surface area is 104 Å². The molecule has 3 nitrogen and oxygen atoms in total. The summed E-state index contributed by atoms with van der Waals surface area (Å²) in [6.45, 7) is 1.89. The largest absolute Gasteiger partial charge is 0.342 e. The molecule has 2 rings (SSSR count). The third-order valence-corrected chi connectivity index (χ3v) is 3.88. The minimum atomic E-state index is 0. The van der Waals surface area contributed by atoms with E-state index in [2.05, 4.69) is 5.32 Å². The van der Waals surface area contributed by atoms with Crippen molar-refractivity contribution in [3.63, 3.8) is 0 Å². The third kappa shape index (κ3) is 3.11. The maximum Gasteiger partial charge on any atom is 0.227 e. The first-order valence-electron chi connectivity index (χ1n) is 6.26. The third-order valence-electron chi connectivity index (χ3n) is 3.88. The molecule has 94 valence electrons. The lowest BCUT2D eigenvalue weighted by Gasteiger charge is -2.32. The lowest BCUT2D eigenvalue weighted by Crippen LogP contribution is -2.42. The average molecular weight is 247 g/mol. The summed E-state index contributed by atoms with van der Waals surface area (Å²) in [5.41, 5.74) is 0. The second-order valence-electron chi connectivity index (χ2n) is 4.93. The van der Waals surface area contributed by atoms with Crippen LogP contribution in [0.1, 0.15) is 38.5 Å². The van der Waals surface area contributed by atoms with Gasteiger partial charge in [0.15, 0.2) is 0 Å². The van der Waals surface area contributed by atoms with Gasteiger partial charge in [-0.2, -0.15) is 0 Å². The molecule has 1 atom stereocenters. The number of hydrogen-bond donors (Lipinski definition) is 1. The summed E-state index contributed by atoms with van der Waals surface area (Å²) in [6, 6.07) is 0.520. The zero-order valence-electron chi connectivity index (χ0n) is 10.1. The molecule has 0 aromatic heterocycles. The topological polar surface area (TPSA) is 32.3 Å². The lowest BCUT2D eigenvalue weighted by atomic mass is 9.93. The molecule has 1 saturated heterocycles. The molecule has 1 heterocycles. The molecule has 1 aliphatic heterocycles. The zero-order chi connectivity index (χ0) is 10.7. The Kier molecular flexibility index (Phi) is 5.56. The molecule has 0 aromatic rings. The Balaban J connectivity index is 0.00000128. The summed E-state index contributed by atoms with van der Waals surface area (Å²) in [7, 11) is 2.00. The average Bonchev–Trinajstić information content (AvgIpc) is 2.82. The second-order valence-corrected chi connectivity index (χ2v) is 4.93. The number of carbonyl (C=O) groups excluding carboxylic acids is 1. The van der Waals surface area contributed by atoms with E-state index < -0.39 is 0 Å². The van der Waals surface area contributed by atoms with Gasteiger partial charge >= 0.3 is 0 Å². The molecular formula is C12H23ClN2O. The Hall–Kier alpha value is -0.280. The van der Waals surface area contributed by atoms with Crippen LogP contribution in [0.5, 0.6) is 0 Å². The van der Waals surface area contributed by atoms with E-state index in [4.69, 9.17) is 0 Å². The highest BCUT2D eigenvalue weighted by molar-refractivity contribution is 5.85. The maximum absolute atomic E-state index is 12.1. The van der Waals surface area contributed by atoms with E-state index >= 15 is 0 Å². The van der Waals surface area contributed by atoms with Gasteiger partial charge in [-0.3, -0.25) is 4.79 Å². The van der Waals surface area contributed by atoms with Gasteiger partial charge in [0.2, 0.25) is 5.91 Å². The van der Waals surface area contributed by atoms with Crippen molar-refractivity contribution in [2.75, 3.05) is 20.1 Å². The van der Waals surface area contributed by atoms with Crippen LogP contribution in [0.4, 0.5) is 0 Å². The van der Waals surface area contributed by atoms with Gasteiger partial charge in [-0.05, 0) is 25.8 Å². The molecule has 1 N–H and O–H groups in total. The van der Waals surface area contributed by atoms with Crippen LogP contribution in [-0.4, -0.2) is 37.0 Å². The first-order valence-corrected chi connectivity index (χ1v) is 6.26. The molecular weight excluding hydrogens is 224 g/mol. The predicted molar refractivity (Wildman–Crippen MR) is 67.9 cm³/mol. The molecule has 0 aromatic carbocycles. The van der Waals surface area contributed by atoms with Gasteiger partial charge in [0.1, 0.15) is 0 Å². The summed E-state index contributed by atoms with van der Waals surface area (Å²) in [5, 5.41) is 3.26. The minimum absolute atomic E-state index is 0. The SMILES string of the molecule is CN(C(=O)[C@@H]1CCNC1)C1CCCCC1.Cl. The van der Waals surface area contributed by atoms with Crippen LogP contribution in [0.25, 0.3) is 0 Å². The molecule has 16 heavy (non-hydrogen) atoms. The molecule has 0 bridgehead atoms. The number of halogens is 1. The highest BCUT2D eigenvalue weighted by Crippen LogP contribution is 2.23. The van der Waals surface area contributed by atoms with E-state index in [0.29, 0.717) is 11.9 Å². The van der Waals surface area contributed by atoms with Gasteiger partial charge in [0.05, 0.1) is 5.92 Å². The Morgan fingerprint density at radius 1 is 1.19 bits per heavy atom. The summed E-state index contributed by atoms with van der Waals surface area (Å²) in [6.07, 6.45) is 7.39. The number of nitrogens with one attached hydrogen (secondary N) is 1. The van der Waals surface area contributed by atoms with Gasteiger partial charge in [0.25, 0.3) is 0 Å². The van der Waals surface area contributed by atoms with Gasteiger partial charge in [-0.1, -0.05) is 19.3 Å². The van der Waals surface area contributed by atoms with Crippen LogP contribution in [0.3, 0.4) is 0 Å². The molecule has 0 unspecified atom stereocenters. The van der Waals surface area contributed by atoms with Crippen molar-refractivity contribution >= 4 is 18.3 Å². The van der Waals surface area contributed by atoms with Crippen molar-refractivity contribution in [3.05, 3.63) is 0 Å². The minimum Gasteiger partial charge on any atom is -0.342 e. The summed E-state index contributed by atoms with van der Waals surface area (Å²) in [5.74, 6) is 0.615. The molecule has 1 aliphatic carbocycles. The molecule has 0 spiro atoms. The van der Waals surface area contributed by atoms with Crippen LogP contribution in [-0.2, 0) is 4.79 Å². The van der Waals surface area contributed by atoms with E-state index in [-0.39, 0.29) is 18.3 Å². The van der Waals surface area contributed by atoms with Crippen LogP contribution < -0.4 is 5.32 Å². The van der Waals surface area contributed by atoms with Crippen molar-refractivity contribution < 1.29 is 4.79 Å². The quantitative estimate of drug-likeness (QED) is 0.806. The standard InChI is InChI=1S/C12H22N2O.ClH/c1-14(11-5-3-2-4-6-11)12(15)10-7-8-13-9-10;/h10-11,13H,2-9H2,1H3;1H/t10-;/m1./s1. The monoisotopic (exact) mass is 246 g/mol. The van der Waals surface area contributed by atoms with Gasteiger partial charge < -0.3 is 10.2 Å². The fourth-order valence-electron chi connectivity index (χ4n) is 2.80. The molecule has 1 amide bonds. The molecule has 4 heteroatoms. The zero-order valence-corrected chi connectivity index (χ0v) is 10.9. The lowest BCUT2D eigenvalue weighted by molar-refractivity contribution is -0.136. The maximum atomic E-state index is 12.1. The second kappa shape index (κ2) is 6.45. The van der Waals surface area contributed by atoms with E-state index in [1.807, 2.05) is 11.9 Å². The van der Waals surface area contributed by atoms with E-state index in [1.165, 1.54) is 32.1 Å². The fraction of sp³-hybridized carbons (Fsp3) is 0.917. The molecule has 2 aliphatic rings. The van der Waals surface area contributed by atoms with Gasteiger partial charge in [0, 0.05) is 19.6 Å². The van der Waals surface area contributed by atoms with Crippen molar-refractivity contribution in [2.24, 2.45) is 5.92 Å². The van der Waals surface area contributed by atoms with Crippen LogP contribution in [0, 0.1) is 5.92 Å². The summed E-state index contributed by atoms with van der Waals surface area (Å²) < 4.78 is 0. The van der Waals surface area contributed by atoms with E-state index in [1.54, 1.807) is 0 Å². The van der Waals surface area contributed by atoms with Crippen LogP contribution in [0.15, 0.2) is 0 Å². The van der Waals surface area contributed by atoms with E-state index in [0.717, 1.165) is 19.5 Å². The number of hydrogen-bond acceptors (Lipinski definition) is 2. The number of amides is 1. The Morgan fingerprint density at radius 2 is 1.88 bits per heavy atom. The smallest absolute Gasteiger partial charge is 0.227 e. The number of rotatable bonds is 2. The van der Waals surface area contributed by atoms with Crippen molar-refractivity contribution in [1.82, 2.24) is 10.2 Å². The summed E-state index contributed by atoms with van der Waals surface area (Å²) >= 11 is 0.